The molecule has 0 aliphatic rings. The number of ether oxygens (including phenoxy) is 1. The smallest absolute Gasteiger partial charge is 0.255 e. The Morgan fingerprint density at radius 3 is 2.27 bits per heavy atom. The van der Waals surface area contributed by atoms with Crippen molar-refractivity contribution in [2.75, 3.05) is 0 Å². The number of nitrogens with zero attached hydrogens (tertiary/aromatic N) is 3. The second kappa shape index (κ2) is 5.44. The van der Waals surface area contributed by atoms with Gasteiger partial charge in [0.15, 0.2) is 0 Å². The van der Waals surface area contributed by atoms with Crippen molar-refractivity contribution in [2.45, 2.75) is 39.8 Å². The SMILES string of the molecule is CC(C)/N=C(\OC(C)C)c1ncccn1. The van der Waals surface area contributed by atoms with Crippen molar-refractivity contribution in [3.63, 3.8) is 0 Å². The number of hydrogen-bond donors (Lipinski definition) is 0. The van der Waals surface area contributed by atoms with Gasteiger partial charge >= 0.3 is 0 Å². The van der Waals surface area contributed by atoms with Crippen LogP contribution in [0.15, 0.2) is 23.5 Å². The Morgan fingerprint density at radius 2 is 1.80 bits per heavy atom. The molecule has 0 fully saturated rings. The number of rotatable bonds is 3. The molecule has 0 aliphatic carbocycles. The summed E-state index contributed by atoms with van der Waals surface area (Å²) in [5.41, 5.74) is 0. The van der Waals surface area contributed by atoms with Crippen LogP contribution >= 0.6 is 0 Å². The maximum Gasteiger partial charge on any atom is 0.255 e. The highest BCUT2D eigenvalue weighted by Crippen LogP contribution is 2.01. The van der Waals surface area contributed by atoms with Crippen LogP contribution in [0.25, 0.3) is 0 Å². The lowest BCUT2D eigenvalue weighted by molar-refractivity contribution is 0.226. The quantitative estimate of drug-likeness (QED) is 0.563. The summed E-state index contributed by atoms with van der Waals surface area (Å²) in [6.45, 7) is 7.90. The normalized spacial score (nSPS) is 12.3. The van der Waals surface area contributed by atoms with Gasteiger partial charge in [-0.3, -0.25) is 0 Å². The molecular weight excluding hydrogens is 190 g/mol. The molecule has 82 valence electrons. The Hall–Kier alpha value is -1.45. The van der Waals surface area contributed by atoms with Crippen molar-refractivity contribution in [2.24, 2.45) is 4.99 Å². The van der Waals surface area contributed by atoms with Gasteiger partial charge in [-0.1, -0.05) is 0 Å². The molecule has 0 amide bonds. The molecule has 1 heterocycles. The fraction of sp³-hybridized carbons (Fsp3) is 0.545. The summed E-state index contributed by atoms with van der Waals surface area (Å²) >= 11 is 0. The molecule has 0 spiro atoms. The maximum atomic E-state index is 5.57. The number of aromatic nitrogens is 2. The Labute approximate surface area is 90.4 Å². The van der Waals surface area contributed by atoms with Gasteiger partial charge in [0.1, 0.15) is 0 Å². The second-order valence-corrected chi connectivity index (χ2v) is 3.77. The second-order valence-electron chi connectivity index (χ2n) is 3.77. The Balaban J connectivity index is 2.92. The molecule has 15 heavy (non-hydrogen) atoms. The van der Waals surface area contributed by atoms with Crippen LogP contribution in [0.1, 0.15) is 33.5 Å². The van der Waals surface area contributed by atoms with Crippen LogP contribution in [0.4, 0.5) is 0 Å². The van der Waals surface area contributed by atoms with E-state index in [4.69, 9.17) is 4.74 Å². The van der Waals surface area contributed by atoms with Crippen molar-refractivity contribution in [3.8, 4) is 0 Å². The molecule has 1 aromatic heterocycles. The minimum atomic E-state index is 0.0753. The van der Waals surface area contributed by atoms with E-state index in [0.29, 0.717) is 11.7 Å². The van der Waals surface area contributed by atoms with E-state index in [1.165, 1.54) is 0 Å². The molecule has 1 aromatic rings. The van der Waals surface area contributed by atoms with Crippen LogP contribution in [0, 0.1) is 0 Å². The summed E-state index contributed by atoms with van der Waals surface area (Å²) in [5, 5.41) is 0. The van der Waals surface area contributed by atoms with Crippen LogP contribution in [-0.2, 0) is 4.74 Å². The van der Waals surface area contributed by atoms with Gasteiger partial charge in [0.05, 0.1) is 6.10 Å². The lowest BCUT2D eigenvalue weighted by Crippen LogP contribution is -2.17. The van der Waals surface area contributed by atoms with Gasteiger partial charge in [-0.25, -0.2) is 15.0 Å². The minimum absolute atomic E-state index is 0.0753. The first-order valence-electron chi connectivity index (χ1n) is 5.11. The predicted molar refractivity (Wildman–Crippen MR) is 59.9 cm³/mol. The topological polar surface area (TPSA) is 47.4 Å². The highest BCUT2D eigenvalue weighted by molar-refractivity contribution is 5.90. The highest BCUT2D eigenvalue weighted by atomic mass is 16.5. The molecule has 1 rings (SSSR count). The monoisotopic (exact) mass is 207 g/mol. The first-order valence-corrected chi connectivity index (χ1v) is 5.11. The van der Waals surface area contributed by atoms with Crippen molar-refractivity contribution < 1.29 is 4.74 Å². The van der Waals surface area contributed by atoms with Crippen LogP contribution in [0.3, 0.4) is 0 Å². The summed E-state index contributed by atoms with van der Waals surface area (Å²) in [7, 11) is 0. The van der Waals surface area contributed by atoms with E-state index in [1.54, 1.807) is 18.5 Å². The van der Waals surface area contributed by atoms with Gasteiger partial charge in [0.25, 0.3) is 5.90 Å². The van der Waals surface area contributed by atoms with E-state index in [0.717, 1.165) is 0 Å². The average Bonchev–Trinajstić information content (AvgIpc) is 2.17. The largest absolute Gasteiger partial charge is 0.473 e. The fourth-order valence-electron chi connectivity index (χ4n) is 1.01. The predicted octanol–water partition coefficient (Wildman–Crippen LogP) is 2.06. The van der Waals surface area contributed by atoms with Crippen molar-refractivity contribution in [1.29, 1.82) is 0 Å². The van der Waals surface area contributed by atoms with Crippen molar-refractivity contribution in [3.05, 3.63) is 24.3 Å². The average molecular weight is 207 g/mol. The minimum Gasteiger partial charge on any atom is -0.473 e. The van der Waals surface area contributed by atoms with Crippen LogP contribution in [0.5, 0.6) is 0 Å². The zero-order valence-corrected chi connectivity index (χ0v) is 9.64. The Bertz CT molecular complexity index is 320. The summed E-state index contributed by atoms with van der Waals surface area (Å²) in [6, 6.07) is 1.94. The highest BCUT2D eigenvalue weighted by Gasteiger charge is 2.10. The van der Waals surface area contributed by atoms with Gasteiger partial charge in [0.2, 0.25) is 5.82 Å². The summed E-state index contributed by atoms with van der Waals surface area (Å²) in [4.78, 5) is 12.6. The van der Waals surface area contributed by atoms with Crippen LogP contribution in [-0.4, -0.2) is 28.0 Å². The number of hydrogen-bond acceptors (Lipinski definition) is 4. The zero-order chi connectivity index (χ0) is 11.3. The van der Waals surface area contributed by atoms with Crippen LogP contribution < -0.4 is 0 Å². The van der Waals surface area contributed by atoms with E-state index in [-0.39, 0.29) is 12.1 Å². The molecule has 0 radical (unpaired) electrons. The molecule has 0 bridgehead atoms. The number of aliphatic imine (C=N–C) groups is 1. The summed E-state index contributed by atoms with van der Waals surface area (Å²) in [6.07, 6.45) is 3.44. The van der Waals surface area contributed by atoms with E-state index in [1.807, 2.05) is 27.7 Å². The summed E-state index contributed by atoms with van der Waals surface area (Å²) in [5.74, 6) is 1.06. The first-order chi connectivity index (χ1) is 7.09. The van der Waals surface area contributed by atoms with Crippen LogP contribution in [0.2, 0.25) is 0 Å². The van der Waals surface area contributed by atoms with Gasteiger partial charge < -0.3 is 4.74 Å². The van der Waals surface area contributed by atoms with E-state index >= 15 is 0 Å². The third kappa shape index (κ3) is 4.06. The Kier molecular flexibility index (Phi) is 4.21. The molecule has 4 nitrogen and oxygen atoms in total. The van der Waals surface area contributed by atoms with Gasteiger partial charge in [-0.05, 0) is 33.8 Å². The third-order valence-corrected chi connectivity index (χ3v) is 1.48. The molecule has 0 N–H and O–H groups in total. The van der Waals surface area contributed by atoms with E-state index in [9.17, 15) is 0 Å². The third-order valence-electron chi connectivity index (χ3n) is 1.48. The fourth-order valence-corrected chi connectivity index (χ4v) is 1.01. The van der Waals surface area contributed by atoms with Crippen molar-refractivity contribution >= 4 is 5.90 Å². The van der Waals surface area contributed by atoms with Crippen molar-refractivity contribution in [1.82, 2.24) is 9.97 Å². The van der Waals surface area contributed by atoms with E-state index in [2.05, 4.69) is 15.0 Å². The summed E-state index contributed by atoms with van der Waals surface area (Å²) < 4.78 is 5.57. The maximum absolute atomic E-state index is 5.57. The van der Waals surface area contributed by atoms with Gasteiger partial charge in [0, 0.05) is 18.4 Å². The lowest BCUT2D eigenvalue weighted by atomic mass is 10.4. The molecular formula is C11H17N3O. The van der Waals surface area contributed by atoms with E-state index < -0.39 is 0 Å². The lowest BCUT2D eigenvalue weighted by Gasteiger charge is -2.12. The molecule has 0 unspecified atom stereocenters. The molecule has 0 atom stereocenters. The molecule has 0 saturated heterocycles. The van der Waals surface area contributed by atoms with Gasteiger partial charge in [-0.15, -0.1) is 0 Å². The van der Waals surface area contributed by atoms with Gasteiger partial charge in [-0.2, -0.15) is 0 Å². The molecule has 4 heteroatoms. The molecule has 0 aromatic carbocycles. The molecule has 0 aliphatic heterocycles. The molecule has 0 saturated carbocycles. The first kappa shape index (κ1) is 11.6. The Morgan fingerprint density at radius 1 is 1.20 bits per heavy atom. The zero-order valence-electron chi connectivity index (χ0n) is 9.64. The standard InChI is InChI=1S/C11H17N3O/c1-8(2)14-11(15-9(3)4)10-12-6-5-7-13-10/h5-9H,1-4H3/b14-11-.